The molecule has 2 fully saturated rings. The van der Waals surface area contributed by atoms with Crippen LogP contribution in [-0.4, -0.2) is 42.5 Å². The number of likely N-dealkylation sites (tertiary alicyclic amines) is 1. The fourth-order valence-corrected chi connectivity index (χ4v) is 3.73. The van der Waals surface area contributed by atoms with Crippen LogP contribution in [0.2, 0.25) is 0 Å². The summed E-state index contributed by atoms with van der Waals surface area (Å²) in [5.41, 5.74) is 3.08. The van der Waals surface area contributed by atoms with Crippen LogP contribution < -0.4 is 5.32 Å². The van der Waals surface area contributed by atoms with Crippen molar-refractivity contribution in [3.05, 3.63) is 29.3 Å². The minimum Gasteiger partial charge on any atom is -0.376 e. The molecule has 5 nitrogen and oxygen atoms in total. The Bertz CT molecular complexity index is 650. The topological polar surface area (TPSA) is 58.6 Å². The summed E-state index contributed by atoms with van der Waals surface area (Å²) in [6.45, 7) is 8.13. The lowest BCUT2D eigenvalue weighted by molar-refractivity contribution is -0.129. The van der Waals surface area contributed by atoms with Gasteiger partial charge in [-0.15, -0.1) is 0 Å². The lowest BCUT2D eigenvalue weighted by atomic mass is 9.97. The van der Waals surface area contributed by atoms with Crippen LogP contribution >= 0.6 is 0 Å². The van der Waals surface area contributed by atoms with Gasteiger partial charge < -0.3 is 15.0 Å². The van der Waals surface area contributed by atoms with E-state index < -0.39 is 0 Å². The lowest BCUT2D eigenvalue weighted by Gasteiger charge is -2.21. The second-order valence-corrected chi connectivity index (χ2v) is 7.52. The largest absolute Gasteiger partial charge is 0.376 e. The Labute approximate surface area is 149 Å². The van der Waals surface area contributed by atoms with Crippen molar-refractivity contribution in [3.8, 4) is 0 Å². The third-order valence-electron chi connectivity index (χ3n) is 5.21. The first-order valence-electron chi connectivity index (χ1n) is 9.25. The van der Waals surface area contributed by atoms with E-state index in [9.17, 15) is 9.59 Å². The number of nitrogens with one attached hydrogen (secondary N) is 1. The molecule has 0 radical (unpaired) electrons. The van der Waals surface area contributed by atoms with Crippen LogP contribution in [0.25, 0.3) is 0 Å². The van der Waals surface area contributed by atoms with Gasteiger partial charge in [0, 0.05) is 31.8 Å². The smallest absolute Gasteiger partial charge is 0.229 e. The van der Waals surface area contributed by atoms with E-state index in [1.807, 2.05) is 19.1 Å². The Kier molecular flexibility index (Phi) is 5.42. The molecular weight excluding hydrogens is 316 g/mol. The number of anilines is 1. The van der Waals surface area contributed by atoms with Gasteiger partial charge in [0.1, 0.15) is 0 Å². The molecule has 0 bridgehead atoms. The minimum atomic E-state index is -0.284. The van der Waals surface area contributed by atoms with Crippen LogP contribution in [0.5, 0.6) is 0 Å². The first-order chi connectivity index (χ1) is 12.0. The zero-order valence-electron chi connectivity index (χ0n) is 15.4. The van der Waals surface area contributed by atoms with Crippen molar-refractivity contribution >= 4 is 17.5 Å². The maximum Gasteiger partial charge on any atom is 0.229 e. The summed E-state index contributed by atoms with van der Waals surface area (Å²) < 4.78 is 5.62. The molecule has 5 heteroatoms. The van der Waals surface area contributed by atoms with Crippen LogP contribution in [0.3, 0.4) is 0 Å². The molecule has 3 rings (SSSR count). The van der Waals surface area contributed by atoms with Gasteiger partial charge in [-0.25, -0.2) is 0 Å². The van der Waals surface area contributed by atoms with Crippen LogP contribution in [0.1, 0.15) is 50.2 Å². The van der Waals surface area contributed by atoms with E-state index >= 15 is 0 Å². The van der Waals surface area contributed by atoms with Gasteiger partial charge in [0.15, 0.2) is 0 Å². The SMILES string of the molecule is Cc1cccc(C(C)C)c1NC(=O)C1CC(=O)N(CC2CCCO2)C1. The molecule has 25 heavy (non-hydrogen) atoms. The molecular formula is C20H28N2O3. The number of benzene rings is 1. The minimum absolute atomic E-state index is 0.0561. The Hall–Kier alpha value is -1.88. The Morgan fingerprint density at radius 2 is 2.20 bits per heavy atom. The van der Waals surface area contributed by atoms with Crippen LogP contribution in [-0.2, 0) is 14.3 Å². The maximum atomic E-state index is 12.7. The second-order valence-electron chi connectivity index (χ2n) is 7.52. The number of rotatable bonds is 5. The summed E-state index contributed by atoms with van der Waals surface area (Å²) in [7, 11) is 0. The van der Waals surface area contributed by atoms with Crippen molar-refractivity contribution in [1.29, 1.82) is 0 Å². The van der Waals surface area contributed by atoms with E-state index in [0.29, 0.717) is 25.4 Å². The van der Waals surface area contributed by atoms with E-state index in [1.54, 1.807) is 4.90 Å². The summed E-state index contributed by atoms with van der Waals surface area (Å²) in [5.74, 6) is 0.0499. The zero-order valence-corrected chi connectivity index (χ0v) is 15.4. The van der Waals surface area contributed by atoms with Crippen LogP contribution in [0, 0.1) is 12.8 Å². The molecule has 2 saturated heterocycles. The van der Waals surface area contributed by atoms with Crippen molar-refractivity contribution < 1.29 is 14.3 Å². The van der Waals surface area contributed by atoms with E-state index in [1.165, 1.54) is 0 Å². The fourth-order valence-electron chi connectivity index (χ4n) is 3.73. The van der Waals surface area contributed by atoms with Crippen molar-refractivity contribution in [2.75, 3.05) is 25.0 Å². The molecule has 0 spiro atoms. The number of amides is 2. The molecule has 1 aromatic rings. The molecule has 0 aliphatic carbocycles. The Morgan fingerprint density at radius 1 is 1.40 bits per heavy atom. The first-order valence-corrected chi connectivity index (χ1v) is 9.25. The fraction of sp³-hybridized carbons (Fsp3) is 0.600. The third kappa shape index (κ3) is 4.03. The maximum absolute atomic E-state index is 12.7. The molecule has 1 aromatic carbocycles. The molecule has 2 amide bonds. The van der Waals surface area contributed by atoms with Gasteiger partial charge >= 0.3 is 0 Å². The molecule has 1 N–H and O–H groups in total. The lowest BCUT2D eigenvalue weighted by Crippen LogP contribution is -2.34. The molecule has 0 saturated carbocycles. The van der Waals surface area contributed by atoms with Crippen LogP contribution in [0.4, 0.5) is 5.69 Å². The van der Waals surface area contributed by atoms with Gasteiger partial charge in [0.2, 0.25) is 11.8 Å². The molecule has 2 unspecified atom stereocenters. The second kappa shape index (κ2) is 7.56. The molecule has 2 aliphatic rings. The van der Waals surface area contributed by atoms with Gasteiger partial charge in [0.05, 0.1) is 12.0 Å². The highest BCUT2D eigenvalue weighted by Gasteiger charge is 2.36. The average Bonchev–Trinajstić information content (AvgIpc) is 3.20. The Balaban J connectivity index is 1.65. The summed E-state index contributed by atoms with van der Waals surface area (Å²) in [6, 6.07) is 6.07. The normalized spacial score (nSPS) is 23.5. The number of para-hydroxylation sites is 1. The van der Waals surface area contributed by atoms with Gasteiger partial charge in [-0.1, -0.05) is 32.0 Å². The number of carbonyl (C=O) groups is 2. The number of hydrogen-bond acceptors (Lipinski definition) is 3. The average molecular weight is 344 g/mol. The van der Waals surface area contributed by atoms with Crippen molar-refractivity contribution in [3.63, 3.8) is 0 Å². The van der Waals surface area contributed by atoms with Gasteiger partial charge in [-0.2, -0.15) is 0 Å². The van der Waals surface area contributed by atoms with Gasteiger partial charge in [-0.3, -0.25) is 9.59 Å². The summed E-state index contributed by atoms with van der Waals surface area (Å²) in [4.78, 5) is 26.8. The van der Waals surface area contributed by atoms with Gasteiger partial charge in [0.25, 0.3) is 0 Å². The van der Waals surface area contributed by atoms with E-state index in [2.05, 4.69) is 25.2 Å². The monoisotopic (exact) mass is 344 g/mol. The number of ether oxygens (including phenoxy) is 1. The zero-order chi connectivity index (χ0) is 18.0. The standard InChI is InChI=1S/C20H28N2O3/c1-13(2)17-8-4-6-14(3)19(17)21-20(24)15-10-18(23)22(11-15)12-16-7-5-9-25-16/h4,6,8,13,15-16H,5,7,9-12H2,1-3H3,(H,21,24). The number of hydrogen-bond donors (Lipinski definition) is 1. The summed E-state index contributed by atoms with van der Waals surface area (Å²) in [5, 5.41) is 3.09. The quantitative estimate of drug-likeness (QED) is 0.893. The number of aryl methyl sites for hydroxylation is 1. The predicted molar refractivity (Wildman–Crippen MR) is 97.6 cm³/mol. The number of carbonyl (C=O) groups excluding carboxylic acids is 2. The van der Waals surface area contributed by atoms with Crippen LogP contribution in [0.15, 0.2) is 18.2 Å². The first kappa shape index (κ1) is 17.9. The van der Waals surface area contributed by atoms with Crippen molar-refractivity contribution in [2.24, 2.45) is 5.92 Å². The molecule has 2 atom stereocenters. The molecule has 136 valence electrons. The highest BCUT2D eigenvalue weighted by molar-refractivity contribution is 5.98. The van der Waals surface area contributed by atoms with Crippen molar-refractivity contribution in [2.45, 2.75) is 52.1 Å². The Morgan fingerprint density at radius 3 is 2.88 bits per heavy atom. The van der Waals surface area contributed by atoms with Gasteiger partial charge in [-0.05, 0) is 36.8 Å². The third-order valence-corrected chi connectivity index (χ3v) is 5.21. The molecule has 2 heterocycles. The summed E-state index contributed by atoms with van der Waals surface area (Å²) in [6.07, 6.45) is 2.49. The highest BCUT2D eigenvalue weighted by atomic mass is 16.5. The summed E-state index contributed by atoms with van der Waals surface area (Å²) >= 11 is 0. The molecule has 0 aromatic heterocycles. The van der Waals surface area contributed by atoms with E-state index in [-0.39, 0.29) is 23.8 Å². The predicted octanol–water partition coefficient (Wildman–Crippen LogP) is 3.08. The highest BCUT2D eigenvalue weighted by Crippen LogP contribution is 2.29. The number of nitrogens with zero attached hydrogens (tertiary/aromatic N) is 1. The molecule has 2 aliphatic heterocycles. The van der Waals surface area contributed by atoms with E-state index in [0.717, 1.165) is 36.3 Å². The van der Waals surface area contributed by atoms with Crippen molar-refractivity contribution in [1.82, 2.24) is 4.90 Å². The van der Waals surface area contributed by atoms with E-state index in [4.69, 9.17) is 4.74 Å².